The summed E-state index contributed by atoms with van der Waals surface area (Å²) in [5.74, 6) is -0.733. The molecule has 0 bridgehead atoms. The van der Waals surface area contributed by atoms with E-state index in [0.29, 0.717) is 27.2 Å². The van der Waals surface area contributed by atoms with E-state index in [1.165, 1.54) is 0 Å². The Bertz CT molecular complexity index is 652. The van der Waals surface area contributed by atoms with Crippen molar-refractivity contribution in [1.82, 2.24) is 4.98 Å². The highest BCUT2D eigenvalue weighted by molar-refractivity contribution is 9.10. The average molecular weight is 359 g/mol. The van der Waals surface area contributed by atoms with E-state index in [2.05, 4.69) is 20.9 Å². The molecule has 106 valence electrons. The molecule has 0 fully saturated rings. The Morgan fingerprint density at radius 1 is 1.50 bits per heavy atom. The van der Waals surface area contributed by atoms with Gasteiger partial charge < -0.3 is 9.52 Å². The minimum Gasteiger partial charge on any atom is -0.475 e. The van der Waals surface area contributed by atoms with Gasteiger partial charge in [-0.2, -0.15) is 0 Å². The predicted molar refractivity (Wildman–Crippen MR) is 80.2 cm³/mol. The lowest BCUT2D eigenvalue weighted by Gasteiger charge is -2.01. The fourth-order valence-corrected chi connectivity index (χ4v) is 2.40. The molecule has 0 unspecified atom stereocenters. The van der Waals surface area contributed by atoms with E-state index < -0.39 is 5.97 Å². The van der Waals surface area contributed by atoms with Gasteiger partial charge in [0.2, 0.25) is 11.7 Å². The number of carboxylic acids is 1. The molecule has 0 atom stereocenters. The van der Waals surface area contributed by atoms with Crippen molar-refractivity contribution < 1.29 is 14.3 Å². The first kappa shape index (κ1) is 15.1. The van der Waals surface area contributed by atoms with Gasteiger partial charge in [0.05, 0.1) is 16.3 Å². The van der Waals surface area contributed by atoms with Crippen LogP contribution in [-0.2, 0) is 6.42 Å². The third-order valence-electron chi connectivity index (χ3n) is 2.68. The van der Waals surface area contributed by atoms with E-state index in [1.54, 1.807) is 18.2 Å². The van der Waals surface area contributed by atoms with Crippen LogP contribution in [0.4, 0.5) is 0 Å². The maximum absolute atomic E-state index is 11.2. The molecule has 2 aromatic rings. The zero-order valence-electron chi connectivity index (χ0n) is 11.0. The number of aromatic nitrogens is 1. The minimum absolute atomic E-state index is 0.121. The van der Waals surface area contributed by atoms with Crippen molar-refractivity contribution >= 4 is 33.5 Å². The first-order valence-corrected chi connectivity index (χ1v) is 7.24. The Hall–Kier alpha value is -1.33. The summed E-state index contributed by atoms with van der Waals surface area (Å²) >= 11 is 9.50. The summed E-state index contributed by atoms with van der Waals surface area (Å²) in [6.45, 7) is 3.98. The average Bonchev–Trinajstić information content (AvgIpc) is 2.75. The molecule has 0 amide bonds. The molecule has 0 saturated carbocycles. The number of benzene rings is 1. The monoisotopic (exact) mass is 357 g/mol. The van der Waals surface area contributed by atoms with E-state index in [4.69, 9.17) is 16.0 Å². The maximum Gasteiger partial charge on any atom is 0.373 e. The van der Waals surface area contributed by atoms with E-state index in [9.17, 15) is 9.90 Å². The largest absolute Gasteiger partial charge is 0.475 e. The summed E-state index contributed by atoms with van der Waals surface area (Å²) in [7, 11) is 0. The second-order valence-electron chi connectivity index (χ2n) is 4.80. The van der Waals surface area contributed by atoms with Crippen LogP contribution in [0.5, 0.6) is 0 Å². The first-order valence-electron chi connectivity index (χ1n) is 6.07. The predicted octanol–water partition coefficient (Wildman–Crippen LogP) is 4.65. The molecule has 0 aliphatic rings. The van der Waals surface area contributed by atoms with Crippen LogP contribution in [0, 0.1) is 5.92 Å². The Labute approximate surface area is 129 Å². The van der Waals surface area contributed by atoms with Crippen LogP contribution in [0.15, 0.2) is 27.1 Å². The molecule has 0 aliphatic heterocycles. The molecule has 1 heterocycles. The summed E-state index contributed by atoms with van der Waals surface area (Å²) < 4.78 is 6.09. The van der Waals surface area contributed by atoms with Crippen LogP contribution < -0.4 is 0 Å². The van der Waals surface area contributed by atoms with Crippen molar-refractivity contribution in [1.29, 1.82) is 0 Å². The van der Waals surface area contributed by atoms with Gasteiger partial charge in [-0.05, 0) is 40.4 Å². The molecule has 4 nitrogen and oxygen atoms in total. The van der Waals surface area contributed by atoms with Gasteiger partial charge in [0.25, 0.3) is 0 Å². The second-order valence-corrected chi connectivity index (χ2v) is 6.03. The van der Waals surface area contributed by atoms with Crippen molar-refractivity contribution in [3.8, 4) is 11.5 Å². The van der Waals surface area contributed by atoms with E-state index in [1.807, 2.05) is 13.8 Å². The van der Waals surface area contributed by atoms with Crippen molar-refractivity contribution in [2.24, 2.45) is 5.92 Å². The highest BCUT2D eigenvalue weighted by atomic mass is 79.9. The van der Waals surface area contributed by atoms with Gasteiger partial charge >= 0.3 is 5.97 Å². The number of oxazole rings is 1. The Kier molecular flexibility index (Phi) is 4.50. The van der Waals surface area contributed by atoms with Gasteiger partial charge in [0, 0.05) is 4.47 Å². The number of carboxylic acid groups (broad SMARTS) is 1. The van der Waals surface area contributed by atoms with Gasteiger partial charge in [0.15, 0.2) is 0 Å². The molecule has 0 radical (unpaired) electrons. The van der Waals surface area contributed by atoms with Crippen molar-refractivity contribution in [3.63, 3.8) is 0 Å². The number of halogens is 2. The number of carbonyl (C=O) groups is 1. The number of nitrogens with zero attached hydrogens (tertiary/aromatic N) is 1. The Balaban J connectivity index is 2.53. The van der Waals surface area contributed by atoms with Gasteiger partial charge in [-0.15, -0.1) is 0 Å². The Morgan fingerprint density at radius 2 is 2.20 bits per heavy atom. The number of hydrogen-bond donors (Lipinski definition) is 1. The summed E-state index contributed by atoms with van der Waals surface area (Å²) in [4.78, 5) is 15.5. The molecular weight excluding hydrogens is 346 g/mol. The maximum atomic E-state index is 11.2. The third-order valence-corrected chi connectivity index (χ3v) is 3.97. The van der Waals surface area contributed by atoms with Crippen LogP contribution in [0.1, 0.15) is 30.1 Å². The van der Waals surface area contributed by atoms with Gasteiger partial charge in [-0.25, -0.2) is 9.78 Å². The molecule has 0 aliphatic carbocycles. The molecule has 0 spiro atoms. The Morgan fingerprint density at radius 3 is 2.80 bits per heavy atom. The molecule has 1 aromatic carbocycles. The van der Waals surface area contributed by atoms with Crippen LogP contribution >= 0.6 is 27.5 Å². The standard InChI is InChI=1S/C14H13BrClNO3/c1-7(2)6-10-12(14(18)19)20-13(17-10)8-4-3-5-9(15)11(8)16/h3-5,7H,6H2,1-2H3,(H,18,19). The highest BCUT2D eigenvalue weighted by Crippen LogP contribution is 2.34. The number of aromatic carboxylic acids is 1. The lowest BCUT2D eigenvalue weighted by Crippen LogP contribution is -2.03. The number of rotatable bonds is 4. The molecular formula is C14H13BrClNO3. The summed E-state index contributed by atoms with van der Waals surface area (Å²) in [6.07, 6.45) is 0.538. The van der Waals surface area contributed by atoms with Gasteiger partial charge in [-0.1, -0.05) is 31.5 Å². The van der Waals surface area contributed by atoms with Crippen LogP contribution in [-0.4, -0.2) is 16.1 Å². The van der Waals surface area contributed by atoms with Crippen molar-refractivity contribution in [2.45, 2.75) is 20.3 Å². The van der Waals surface area contributed by atoms with Crippen molar-refractivity contribution in [2.75, 3.05) is 0 Å². The normalized spacial score (nSPS) is 11.1. The summed E-state index contributed by atoms with van der Waals surface area (Å²) in [6, 6.07) is 5.32. The van der Waals surface area contributed by atoms with Crippen LogP contribution in [0.25, 0.3) is 11.5 Å². The van der Waals surface area contributed by atoms with Crippen molar-refractivity contribution in [3.05, 3.63) is 39.1 Å². The second kappa shape index (κ2) is 5.97. The minimum atomic E-state index is -1.12. The van der Waals surface area contributed by atoms with E-state index in [-0.39, 0.29) is 17.6 Å². The van der Waals surface area contributed by atoms with E-state index in [0.717, 1.165) is 0 Å². The van der Waals surface area contributed by atoms with Crippen LogP contribution in [0.3, 0.4) is 0 Å². The topological polar surface area (TPSA) is 63.3 Å². The lowest BCUT2D eigenvalue weighted by atomic mass is 10.1. The SMILES string of the molecule is CC(C)Cc1nc(-c2cccc(Br)c2Cl)oc1C(=O)O. The fraction of sp³-hybridized carbons (Fsp3) is 0.286. The molecule has 1 N–H and O–H groups in total. The molecule has 1 aromatic heterocycles. The summed E-state index contributed by atoms with van der Waals surface area (Å²) in [5.41, 5.74) is 1.01. The van der Waals surface area contributed by atoms with Crippen LogP contribution in [0.2, 0.25) is 5.02 Å². The highest BCUT2D eigenvalue weighted by Gasteiger charge is 2.22. The first-order chi connectivity index (χ1) is 9.40. The fourth-order valence-electron chi connectivity index (χ4n) is 1.83. The van der Waals surface area contributed by atoms with Gasteiger partial charge in [-0.3, -0.25) is 0 Å². The smallest absolute Gasteiger partial charge is 0.373 e. The van der Waals surface area contributed by atoms with E-state index >= 15 is 0 Å². The zero-order chi connectivity index (χ0) is 14.9. The summed E-state index contributed by atoms with van der Waals surface area (Å²) in [5, 5.41) is 9.63. The molecule has 6 heteroatoms. The number of hydrogen-bond acceptors (Lipinski definition) is 3. The van der Waals surface area contributed by atoms with Gasteiger partial charge in [0.1, 0.15) is 0 Å². The molecule has 2 rings (SSSR count). The third kappa shape index (κ3) is 3.04. The molecule has 0 saturated heterocycles. The zero-order valence-corrected chi connectivity index (χ0v) is 13.3. The molecule has 20 heavy (non-hydrogen) atoms. The quantitative estimate of drug-likeness (QED) is 0.863. The lowest BCUT2D eigenvalue weighted by molar-refractivity contribution is 0.0661.